The molecule has 3 nitrogen and oxygen atoms in total. The number of anilines is 1. The number of nitrogens with zero attached hydrogens (tertiary/aromatic N) is 1. The first-order valence-electron chi connectivity index (χ1n) is 6.13. The number of amides is 1. The zero-order chi connectivity index (χ0) is 15.0. The van der Waals surface area contributed by atoms with Crippen molar-refractivity contribution in [2.24, 2.45) is 4.99 Å². The average Bonchev–Trinajstić information content (AvgIpc) is 2.57. The van der Waals surface area contributed by atoms with E-state index in [-0.39, 0.29) is 5.71 Å². The summed E-state index contributed by atoms with van der Waals surface area (Å²) in [5.74, 6) is -1.34. The number of rotatable bonds is 1. The van der Waals surface area contributed by atoms with Crippen molar-refractivity contribution in [1.29, 1.82) is 0 Å². The van der Waals surface area contributed by atoms with Crippen LogP contribution >= 0.6 is 11.6 Å². The Morgan fingerprint density at radius 3 is 2.76 bits per heavy atom. The highest BCUT2D eigenvalue weighted by Gasteiger charge is 2.25. The Labute approximate surface area is 124 Å². The van der Waals surface area contributed by atoms with Crippen molar-refractivity contribution < 1.29 is 13.6 Å². The predicted molar refractivity (Wildman–Crippen MR) is 77.0 cm³/mol. The van der Waals surface area contributed by atoms with Crippen LogP contribution in [0.25, 0.3) is 0 Å². The number of halogens is 3. The molecule has 1 amide bonds. The molecule has 21 heavy (non-hydrogen) atoms. The molecule has 3 rings (SSSR count). The molecule has 1 atom stereocenters. The fourth-order valence-corrected chi connectivity index (χ4v) is 2.29. The van der Waals surface area contributed by atoms with Crippen molar-refractivity contribution >= 4 is 28.9 Å². The molecule has 2 aromatic carbocycles. The molecule has 1 heterocycles. The summed E-state index contributed by atoms with van der Waals surface area (Å²) < 4.78 is 27.2. The highest BCUT2D eigenvalue weighted by molar-refractivity contribution is 6.32. The maximum absolute atomic E-state index is 13.8. The maximum atomic E-state index is 13.8. The minimum Gasteiger partial charge on any atom is -0.321 e. The molecule has 0 radical (unpaired) electrons. The second-order valence-electron chi connectivity index (χ2n) is 4.50. The van der Waals surface area contributed by atoms with Crippen molar-refractivity contribution in [3.8, 4) is 0 Å². The lowest BCUT2D eigenvalue weighted by molar-refractivity contribution is -0.120. The molecule has 0 fully saturated rings. The number of benzene rings is 2. The Kier molecular flexibility index (Phi) is 3.43. The van der Waals surface area contributed by atoms with Gasteiger partial charge in [0.15, 0.2) is 0 Å². The van der Waals surface area contributed by atoms with Crippen molar-refractivity contribution in [3.63, 3.8) is 0 Å². The van der Waals surface area contributed by atoms with Gasteiger partial charge in [-0.1, -0.05) is 23.7 Å². The first kappa shape index (κ1) is 13.7. The fourth-order valence-electron chi connectivity index (χ4n) is 2.12. The standard InChI is InChI=1S/C15H9ClF2N2O/c16-9-4-5-12-11(7-9)13(20-14(18)15(21)19-12)8-2-1-3-10(17)6-8/h1-7,14H,(H,19,21). The Balaban J connectivity index is 2.24. The van der Waals surface area contributed by atoms with E-state index in [1.807, 2.05) is 0 Å². The van der Waals surface area contributed by atoms with Crippen LogP contribution in [0, 0.1) is 5.82 Å². The summed E-state index contributed by atoms with van der Waals surface area (Å²) in [5.41, 5.74) is 1.38. The van der Waals surface area contributed by atoms with E-state index < -0.39 is 18.0 Å². The van der Waals surface area contributed by atoms with Crippen LogP contribution in [0.4, 0.5) is 14.5 Å². The van der Waals surface area contributed by atoms with Crippen molar-refractivity contribution in [2.75, 3.05) is 5.32 Å². The summed E-state index contributed by atoms with van der Waals surface area (Å²) in [6.45, 7) is 0. The summed E-state index contributed by atoms with van der Waals surface area (Å²) in [6.07, 6.45) is -2.06. The van der Waals surface area contributed by atoms with Crippen molar-refractivity contribution in [1.82, 2.24) is 0 Å². The predicted octanol–water partition coefficient (Wildman–Crippen LogP) is 3.56. The molecule has 2 aromatic rings. The monoisotopic (exact) mass is 306 g/mol. The molecule has 1 N–H and O–H groups in total. The van der Waals surface area contributed by atoms with Crippen LogP contribution in [-0.4, -0.2) is 17.9 Å². The largest absolute Gasteiger partial charge is 0.321 e. The van der Waals surface area contributed by atoms with E-state index in [4.69, 9.17) is 11.6 Å². The zero-order valence-electron chi connectivity index (χ0n) is 10.6. The number of carbonyl (C=O) groups excluding carboxylic acids is 1. The van der Waals surface area contributed by atoms with Crippen LogP contribution in [0.2, 0.25) is 5.02 Å². The SMILES string of the molecule is O=C1Nc2ccc(Cl)cc2C(c2cccc(F)c2)=NC1F. The Bertz CT molecular complexity index is 761. The summed E-state index contributed by atoms with van der Waals surface area (Å²) in [6, 6.07) is 10.3. The molecule has 0 aliphatic carbocycles. The van der Waals surface area contributed by atoms with Gasteiger partial charge in [0, 0.05) is 16.1 Å². The van der Waals surface area contributed by atoms with Gasteiger partial charge in [0.05, 0.1) is 11.4 Å². The molecular formula is C15H9ClF2N2O. The van der Waals surface area contributed by atoms with E-state index in [9.17, 15) is 13.6 Å². The zero-order valence-corrected chi connectivity index (χ0v) is 11.4. The number of carbonyl (C=O) groups is 1. The topological polar surface area (TPSA) is 41.5 Å². The maximum Gasteiger partial charge on any atom is 0.281 e. The van der Waals surface area contributed by atoms with Crippen LogP contribution in [0.1, 0.15) is 11.1 Å². The van der Waals surface area contributed by atoms with Crippen molar-refractivity contribution in [3.05, 3.63) is 64.4 Å². The second-order valence-corrected chi connectivity index (χ2v) is 4.94. The molecule has 1 unspecified atom stereocenters. The third-order valence-electron chi connectivity index (χ3n) is 3.05. The van der Waals surface area contributed by atoms with Gasteiger partial charge >= 0.3 is 0 Å². The van der Waals surface area contributed by atoms with E-state index in [1.165, 1.54) is 18.2 Å². The van der Waals surface area contributed by atoms with Crippen LogP contribution in [0.5, 0.6) is 0 Å². The van der Waals surface area contributed by atoms with E-state index in [0.717, 1.165) is 0 Å². The lowest BCUT2D eigenvalue weighted by Crippen LogP contribution is -2.21. The molecule has 0 saturated heterocycles. The summed E-state index contributed by atoms with van der Waals surface area (Å²) in [7, 11) is 0. The van der Waals surface area contributed by atoms with Gasteiger partial charge in [-0.3, -0.25) is 4.79 Å². The Morgan fingerprint density at radius 1 is 1.19 bits per heavy atom. The average molecular weight is 307 g/mol. The summed E-state index contributed by atoms with van der Waals surface area (Å²) >= 11 is 5.95. The van der Waals surface area contributed by atoms with E-state index in [1.54, 1.807) is 24.3 Å². The molecule has 6 heteroatoms. The molecule has 1 aliphatic heterocycles. The summed E-state index contributed by atoms with van der Waals surface area (Å²) in [4.78, 5) is 15.4. The van der Waals surface area contributed by atoms with Gasteiger partial charge in [-0.15, -0.1) is 0 Å². The Morgan fingerprint density at radius 2 is 2.00 bits per heavy atom. The number of fused-ring (bicyclic) bond motifs is 1. The Hall–Kier alpha value is -2.27. The molecule has 106 valence electrons. The lowest BCUT2D eigenvalue weighted by atomic mass is 10.0. The van der Waals surface area contributed by atoms with Crippen LogP contribution < -0.4 is 5.32 Å². The summed E-state index contributed by atoms with van der Waals surface area (Å²) in [5, 5.41) is 2.84. The third-order valence-corrected chi connectivity index (χ3v) is 3.29. The van der Waals surface area contributed by atoms with E-state index in [2.05, 4.69) is 10.3 Å². The smallest absolute Gasteiger partial charge is 0.281 e. The quantitative estimate of drug-likeness (QED) is 0.804. The van der Waals surface area contributed by atoms with Gasteiger partial charge < -0.3 is 5.32 Å². The van der Waals surface area contributed by atoms with Crippen LogP contribution in [0.15, 0.2) is 47.5 Å². The second kappa shape index (κ2) is 5.26. The first-order chi connectivity index (χ1) is 10.0. The van der Waals surface area contributed by atoms with Gasteiger partial charge in [0.1, 0.15) is 5.82 Å². The molecule has 1 aliphatic rings. The highest BCUT2D eigenvalue weighted by Crippen LogP contribution is 2.27. The minimum absolute atomic E-state index is 0.179. The van der Waals surface area contributed by atoms with Gasteiger partial charge in [-0.25, -0.2) is 13.8 Å². The molecular weight excluding hydrogens is 298 g/mol. The molecule has 0 spiro atoms. The van der Waals surface area contributed by atoms with Gasteiger partial charge in [-0.05, 0) is 30.3 Å². The van der Waals surface area contributed by atoms with E-state index >= 15 is 0 Å². The fraction of sp³-hybridized carbons (Fsp3) is 0.0667. The number of hydrogen-bond donors (Lipinski definition) is 1. The van der Waals surface area contributed by atoms with E-state index in [0.29, 0.717) is 21.8 Å². The highest BCUT2D eigenvalue weighted by atomic mass is 35.5. The lowest BCUT2D eigenvalue weighted by Gasteiger charge is -2.10. The number of hydrogen-bond acceptors (Lipinski definition) is 2. The number of aliphatic imine (C=N–C) groups is 1. The normalized spacial score (nSPS) is 17.6. The molecule has 0 saturated carbocycles. The van der Waals surface area contributed by atoms with Crippen LogP contribution in [-0.2, 0) is 4.79 Å². The van der Waals surface area contributed by atoms with Crippen LogP contribution in [0.3, 0.4) is 0 Å². The number of nitrogens with one attached hydrogen (secondary N) is 1. The van der Waals surface area contributed by atoms with Gasteiger partial charge in [0.25, 0.3) is 12.2 Å². The number of alkyl halides is 1. The molecule has 0 aromatic heterocycles. The minimum atomic E-state index is -2.06. The van der Waals surface area contributed by atoms with Gasteiger partial charge in [-0.2, -0.15) is 0 Å². The number of benzodiazepines with no additional fused rings is 1. The van der Waals surface area contributed by atoms with Crippen molar-refractivity contribution in [2.45, 2.75) is 6.30 Å². The molecule has 0 bridgehead atoms. The van der Waals surface area contributed by atoms with Gasteiger partial charge in [0.2, 0.25) is 0 Å². The third kappa shape index (κ3) is 2.64. The first-order valence-corrected chi connectivity index (χ1v) is 6.51.